The van der Waals surface area contributed by atoms with Gasteiger partial charge in [0.1, 0.15) is 35.6 Å². The molecule has 0 aromatic heterocycles. The van der Waals surface area contributed by atoms with E-state index in [4.69, 9.17) is 24.2 Å². The van der Waals surface area contributed by atoms with Crippen molar-refractivity contribution < 1.29 is 43.3 Å². The third-order valence-corrected chi connectivity index (χ3v) is 10.1. The second-order valence-corrected chi connectivity index (χ2v) is 14.7. The summed E-state index contributed by atoms with van der Waals surface area (Å²) in [6.07, 6.45) is 0.136. The summed E-state index contributed by atoms with van der Waals surface area (Å²) in [7, 11) is 2.76. The highest BCUT2D eigenvalue weighted by Gasteiger charge is 2.23. The Morgan fingerprint density at radius 2 is 0.984 bits per heavy atom. The predicted molar refractivity (Wildman–Crippen MR) is 259 cm³/mol. The van der Waals surface area contributed by atoms with Gasteiger partial charge in [0.15, 0.2) is 0 Å². The molecule has 0 fully saturated rings. The second-order valence-electron chi connectivity index (χ2n) is 14.7. The molecule has 0 unspecified atom stereocenters. The first kappa shape index (κ1) is 51.8. The molecule has 5 aromatic rings. The summed E-state index contributed by atoms with van der Waals surface area (Å²) in [5.74, 6) is 0.990. The summed E-state index contributed by atoms with van der Waals surface area (Å²) in [5.41, 5.74) is 8.52. The molecule has 1 amide bonds. The van der Waals surface area contributed by atoms with Gasteiger partial charge in [-0.3, -0.25) is 10.0 Å². The van der Waals surface area contributed by atoms with E-state index in [0.29, 0.717) is 29.0 Å². The molecule has 3 N–H and O–H groups in total. The zero-order valence-corrected chi connectivity index (χ0v) is 39.1. The number of para-hydroxylation sites is 2. The number of carbonyl (C=O) groups excluding carboxylic acids is 3. The average molecular weight is 919 g/mol. The number of hydrogen-bond donors (Lipinski definition) is 3. The van der Waals surface area contributed by atoms with Gasteiger partial charge in [-0.25, -0.2) is 15.1 Å². The van der Waals surface area contributed by atoms with Crippen LogP contribution in [-0.4, -0.2) is 75.2 Å². The fourth-order valence-corrected chi connectivity index (χ4v) is 7.10. The third-order valence-electron chi connectivity index (χ3n) is 10.1. The fourth-order valence-electron chi connectivity index (χ4n) is 7.10. The number of carbonyl (C=O) groups is 3. The lowest BCUT2D eigenvalue weighted by molar-refractivity contribution is 0.0591. The quantitative estimate of drug-likeness (QED) is 0.0910. The Morgan fingerprint density at radius 3 is 1.43 bits per heavy atom. The molecule has 5 aromatic carbocycles. The molecular weight excluding hydrogens is 861 g/mol. The van der Waals surface area contributed by atoms with Gasteiger partial charge < -0.3 is 38.8 Å². The van der Waals surface area contributed by atoms with Crippen molar-refractivity contribution in [3.63, 3.8) is 0 Å². The number of esters is 2. The van der Waals surface area contributed by atoms with E-state index in [1.807, 2.05) is 75.4 Å². The van der Waals surface area contributed by atoms with Crippen LogP contribution < -0.4 is 34.8 Å². The van der Waals surface area contributed by atoms with Gasteiger partial charge in [0, 0.05) is 59.8 Å². The number of nitrogens with zero attached hydrogens (tertiary/aromatic N) is 2. The average Bonchev–Trinajstić information content (AvgIpc) is 3.66. The van der Waals surface area contributed by atoms with Crippen LogP contribution in [0.15, 0.2) is 115 Å². The van der Waals surface area contributed by atoms with E-state index in [1.54, 1.807) is 41.9 Å². The highest BCUT2D eigenvalue weighted by atomic mass is 32.1. The van der Waals surface area contributed by atoms with Crippen molar-refractivity contribution in [2.24, 2.45) is 0 Å². The molecule has 0 radical (unpaired) electrons. The minimum absolute atomic E-state index is 0. The van der Waals surface area contributed by atoms with Crippen LogP contribution in [0.4, 0.5) is 11.4 Å². The van der Waals surface area contributed by atoms with Crippen LogP contribution in [0.3, 0.4) is 0 Å². The molecule has 0 aliphatic carbocycles. The van der Waals surface area contributed by atoms with Crippen LogP contribution in [0, 0.1) is 0 Å². The highest BCUT2D eigenvalue weighted by molar-refractivity contribution is 7.59. The number of hydroxylamine groups is 1. The Bertz CT molecular complexity index is 2140. The van der Waals surface area contributed by atoms with Crippen LogP contribution in [0.5, 0.6) is 17.2 Å². The van der Waals surface area contributed by atoms with E-state index < -0.39 is 5.91 Å². The standard InChI is InChI=1S/C18H19NO3.C17H18N2O3.C12H15NO3.3H2S/c1-13-11-19(16-6-4-3-5-7-16)12-15-9-8-14(18(20)21-2)10-17(15)22-13;1-12-10-19(15-5-3-2-4-6-15)11-14-8-7-13(17(20)18-21)9-16(14)22-12;1-8-6-13-7-10-4-3-9(12(14)15-2)5-11(10)16-8;;;/h3-10,13H,11-12H2,1-2H3;2-9,12,21H,10-11H2,1H3,(H,18,20);3-5,8,13H,6-7H2,1-2H3;3*1H2/t13-;12-;8-;;;/m000.../s1. The van der Waals surface area contributed by atoms with E-state index in [0.717, 1.165) is 66.6 Å². The first-order valence-corrected chi connectivity index (χ1v) is 19.9. The Hall–Kier alpha value is -5.52. The lowest BCUT2D eigenvalue weighted by Crippen LogP contribution is -2.30. The van der Waals surface area contributed by atoms with Gasteiger partial charge >= 0.3 is 11.9 Å². The number of rotatable bonds is 5. The number of benzene rings is 5. The third kappa shape index (κ3) is 14.0. The zero-order valence-electron chi connectivity index (χ0n) is 36.1. The molecule has 16 heteroatoms. The van der Waals surface area contributed by atoms with Gasteiger partial charge in [0.05, 0.1) is 38.4 Å². The number of hydrogen-bond acceptors (Lipinski definition) is 12. The first-order valence-electron chi connectivity index (χ1n) is 19.9. The molecule has 3 heterocycles. The molecule has 8 rings (SSSR count). The van der Waals surface area contributed by atoms with Crippen LogP contribution in [0.25, 0.3) is 0 Å². The summed E-state index contributed by atoms with van der Waals surface area (Å²) < 4.78 is 27.1. The van der Waals surface area contributed by atoms with Gasteiger partial charge in [-0.1, -0.05) is 54.6 Å². The number of nitrogens with one attached hydrogen (secondary N) is 2. The number of ether oxygens (including phenoxy) is 5. The van der Waals surface area contributed by atoms with E-state index in [1.165, 1.54) is 19.9 Å². The minimum atomic E-state index is -0.539. The maximum atomic E-state index is 11.7. The summed E-state index contributed by atoms with van der Waals surface area (Å²) in [6, 6.07) is 36.6. The first-order chi connectivity index (χ1) is 29.0. The summed E-state index contributed by atoms with van der Waals surface area (Å²) in [4.78, 5) is 39.1. The lowest BCUT2D eigenvalue weighted by atomic mass is 10.1. The lowest BCUT2D eigenvalue weighted by Gasteiger charge is -2.24. The molecule has 0 bridgehead atoms. The van der Waals surface area contributed by atoms with Crippen LogP contribution in [-0.2, 0) is 29.1 Å². The summed E-state index contributed by atoms with van der Waals surface area (Å²) in [5, 5.41) is 12.0. The van der Waals surface area contributed by atoms with E-state index >= 15 is 0 Å². The highest BCUT2D eigenvalue weighted by Crippen LogP contribution is 2.31. The minimum Gasteiger partial charge on any atom is -0.489 e. The van der Waals surface area contributed by atoms with E-state index in [9.17, 15) is 14.4 Å². The molecule has 3 aliphatic rings. The molecule has 3 aliphatic heterocycles. The second kappa shape index (κ2) is 24.9. The smallest absolute Gasteiger partial charge is 0.337 e. The summed E-state index contributed by atoms with van der Waals surface area (Å²) >= 11 is 0. The molecule has 0 spiro atoms. The van der Waals surface area contributed by atoms with Gasteiger partial charge in [-0.05, 0) is 81.4 Å². The maximum absolute atomic E-state index is 11.7. The SMILES string of the molecule is COC(=O)c1ccc2c(c1)O[C@@H](C)CN(c1ccccc1)C2.COC(=O)c1ccc2c(c1)O[C@@H](C)CNC2.C[C@H]1CN(c2ccccc2)Cc2ccc(C(=O)NO)cc2O1.S.S.S. The molecule has 338 valence electrons. The van der Waals surface area contributed by atoms with Crippen molar-refractivity contribution in [2.75, 3.05) is 43.7 Å². The number of fused-ring (bicyclic) bond motifs is 3. The van der Waals surface area contributed by atoms with Crippen molar-refractivity contribution in [3.8, 4) is 17.2 Å². The topological polar surface area (TPSA) is 148 Å². The monoisotopic (exact) mass is 918 g/mol. The van der Waals surface area contributed by atoms with Gasteiger partial charge in [0.2, 0.25) is 0 Å². The van der Waals surface area contributed by atoms with Crippen molar-refractivity contribution >= 4 is 69.7 Å². The van der Waals surface area contributed by atoms with Crippen LogP contribution in [0.2, 0.25) is 0 Å². The molecule has 0 saturated heterocycles. The largest absolute Gasteiger partial charge is 0.489 e. The molecule has 3 atom stereocenters. The van der Waals surface area contributed by atoms with Crippen molar-refractivity contribution in [1.82, 2.24) is 10.8 Å². The number of methoxy groups -OCH3 is 2. The zero-order chi connectivity index (χ0) is 42.6. The Balaban J connectivity index is 0.000000249. The van der Waals surface area contributed by atoms with Crippen LogP contribution >= 0.6 is 40.5 Å². The van der Waals surface area contributed by atoms with Crippen LogP contribution in [0.1, 0.15) is 68.5 Å². The Kier molecular flexibility index (Phi) is 20.5. The molecular formula is C47H58N4O9S3. The van der Waals surface area contributed by atoms with Crippen molar-refractivity contribution in [3.05, 3.63) is 149 Å². The van der Waals surface area contributed by atoms with E-state index in [2.05, 4.69) is 44.1 Å². The fraction of sp³-hybridized carbons (Fsp3) is 0.298. The van der Waals surface area contributed by atoms with E-state index in [-0.39, 0.29) is 70.7 Å². The maximum Gasteiger partial charge on any atom is 0.337 e. The normalized spacial score (nSPS) is 16.9. The molecule has 63 heavy (non-hydrogen) atoms. The number of anilines is 2. The van der Waals surface area contributed by atoms with Crippen molar-refractivity contribution in [2.45, 2.75) is 58.7 Å². The Labute approximate surface area is 390 Å². The summed E-state index contributed by atoms with van der Waals surface area (Å²) in [6.45, 7) is 10.6. The van der Waals surface area contributed by atoms with Gasteiger partial charge in [-0.15, -0.1) is 0 Å². The van der Waals surface area contributed by atoms with Gasteiger partial charge in [0.25, 0.3) is 5.91 Å². The molecule has 0 saturated carbocycles. The Morgan fingerprint density at radius 1 is 0.587 bits per heavy atom. The van der Waals surface area contributed by atoms with Gasteiger partial charge in [-0.2, -0.15) is 40.5 Å². The predicted octanol–water partition coefficient (Wildman–Crippen LogP) is 7.54. The number of amides is 1. The molecule has 13 nitrogen and oxygen atoms in total. The van der Waals surface area contributed by atoms with Crippen molar-refractivity contribution in [1.29, 1.82) is 0 Å².